The standard InChI is InChI=1S/C19H24N6O/c1-25-13-16(18(24-25)14-4-2-7-20-10-14)12-21-11-15-5-3-9-26-19(15)17-6-8-22-23-17/h2,4,6-8,10,13,15,19,21H,3,5,9,11-12H2,1H3,(H,22,23)/t15-,19+/m0/s1. The third-order valence-electron chi connectivity index (χ3n) is 4.84. The molecule has 7 heteroatoms. The number of ether oxygens (including phenoxy) is 1. The fourth-order valence-electron chi connectivity index (χ4n) is 3.63. The Bertz CT molecular complexity index is 814. The van der Waals surface area contributed by atoms with E-state index in [1.54, 1.807) is 12.4 Å². The molecule has 3 aromatic rings. The van der Waals surface area contributed by atoms with Gasteiger partial charge in [-0.2, -0.15) is 10.2 Å². The van der Waals surface area contributed by atoms with Gasteiger partial charge in [0.25, 0.3) is 0 Å². The topological polar surface area (TPSA) is 80.6 Å². The van der Waals surface area contributed by atoms with Crippen LogP contribution in [0.25, 0.3) is 11.3 Å². The van der Waals surface area contributed by atoms with E-state index in [0.29, 0.717) is 5.92 Å². The molecule has 4 rings (SSSR count). The number of rotatable bonds is 6. The Kier molecular flexibility index (Phi) is 5.08. The summed E-state index contributed by atoms with van der Waals surface area (Å²) in [5, 5.41) is 15.3. The number of pyridine rings is 1. The van der Waals surface area contributed by atoms with Crippen LogP contribution in [0.15, 0.2) is 43.0 Å². The molecule has 26 heavy (non-hydrogen) atoms. The van der Waals surface area contributed by atoms with E-state index in [2.05, 4.69) is 31.8 Å². The van der Waals surface area contributed by atoms with Crippen LogP contribution in [0.3, 0.4) is 0 Å². The van der Waals surface area contributed by atoms with Crippen LogP contribution in [0.2, 0.25) is 0 Å². The molecule has 7 nitrogen and oxygen atoms in total. The number of aromatic nitrogens is 5. The fourth-order valence-corrected chi connectivity index (χ4v) is 3.63. The minimum atomic E-state index is 0.0884. The second-order valence-electron chi connectivity index (χ2n) is 6.75. The van der Waals surface area contributed by atoms with E-state index < -0.39 is 0 Å². The molecule has 0 amide bonds. The average Bonchev–Trinajstić information content (AvgIpc) is 3.33. The smallest absolute Gasteiger partial charge is 0.103 e. The lowest BCUT2D eigenvalue weighted by molar-refractivity contribution is -0.0303. The Morgan fingerprint density at radius 3 is 3.12 bits per heavy atom. The summed E-state index contributed by atoms with van der Waals surface area (Å²) in [4.78, 5) is 4.21. The molecule has 1 saturated heterocycles. The Balaban J connectivity index is 1.42. The van der Waals surface area contributed by atoms with E-state index in [1.807, 2.05) is 36.1 Å². The summed E-state index contributed by atoms with van der Waals surface area (Å²) in [6.45, 7) is 2.48. The van der Waals surface area contributed by atoms with Gasteiger partial charge in [-0.15, -0.1) is 0 Å². The average molecular weight is 352 g/mol. The van der Waals surface area contributed by atoms with Crippen LogP contribution in [0.1, 0.15) is 30.2 Å². The quantitative estimate of drug-likeness (QED) is 0.712. The van der Waals surface area contributed by atoms with Crippen LogP contribution in [-0.2, 0) is 18.3 Å². The van der Waals surface area contributed by atoms with E-state index in [0.717, 1.165) is 49.5 Å². The van der Waals surface area contributed by atoms with Crippen LogP contribution < -0.4 is 5.32 Å². The first kappa shape index (κ1) is 16.9. The molecule has 0 aromatic carbocycles. The molecule has 1 aliphatic heterocycles. The van der Waals surface area contributed by atoms with Crippen molar-refractivity contribution in [2.24, 2.45) is 13.0 Å². The van der Waals surface area contributed by atoms with Crippen LogP contribution in [-0.4, -0.2) is 38.1 Å². The van der Waals surface area contributed by atoms with E-state index >= 15 is 0 Å². The van der Waals surface area contributed by atoms with Crippen molar-refractivity contribution in [2.45, 2.75) is 25.5 Å². The van der Waals surface area contributed by atoms with Gasteiger partial charge in [0.2, 0.25) is 0 Å². The van der Waals surface area contributed by atoms with Crippen molar-refractivity contribution in [3.63, 3.8) is 0 Å². The fraction of sp³-hybridized carbons (Fsp3) is 0.421. The maximum atomic E-state index is 6.00. The van der Waals surface area contributed by atoms with Crippen molar-refractivity contribution in [3.05, 3.63) is 54.2 Å². The molecular weight excluding hydrogens is 328 g/mol. The third kappa shape index (κ3) is 3.68. The zero-order valence-electron chi connectivity index (χ0n) is 14.9. The van der Waals surface area contributed by atoms with Crippen LogP contribution in [0, 0.1) is 5.92 Å². The van der Waals surface area contributed by atoms with Crippen molar-refractivity contribution in [1.29, 1.82) is 0 Å². The van der Waals surface area contributed by atoms with Crippen molar-refractivity contribution in [1.82, 2.24) is 30.3 Å². The highest BCUT2D eigenvalue weighted by Crippen LogP contribution is 2.32. The minimum Gasteiger partial charge on any atom is -0.372 e. The molecular formula is C19H24N6O. The lowest BCUT2D eigenvalue weighted by Crippen LogP contribution is -2.32. The van der Waals surface area contributed by atoms with E-state index in [9.17, 15) is 0 Å². The van der Waals surface area contributed by atoms with E-state index in [-0.39, 0.29) is 6.10 Å². The summed E-state index contributed by atoms with van der Waals surface area (Å²) >= 11 is 0. The summed E-state index contributed by atoms with van der Waals surface area (Å²) in [7, 11) is 1.95. The Hall–Kier alpha value is -2.51. The molecule has 0 aliphatic carbocycles. The number of aryl methyl sites for hydroxylation is 1. The molecule has 2 N–H and O–H groups in total. The molecule has 4 heterocycles. The lowest BCUT2D eigenvalue weighted by atomic mass is 9.92. The van der Waals surface area contributed by atoms with Crippen molar-refractivity contribution >= 4 is 0 Å². The van der Waals surface area contributed by atoms with Gasteiger partial charge in [0.05, 0.1) is 11.4 Å². The van der Waals surface area contributed by atoms with Gasteiger partial charge >= 0.3 is 0 Å². The van der Waals surface area contributed by atoms with E-state index in [1.165, 1.54) is 5.56 Å². The van der Waals surface area contributed by atoms with E-state index in [4.69, 9.17) is 4.74 Å². The Morgan fingerprint density at radius 2 is 2.31 bits per heavy atom. The van der Waals surface area contributed by atoms with Gasteiger partial charge < -0.3 is 10.1 Å². The van der Waals surface area contributed by atoms with Crippen LogP contribution in [0.5, 0.6) is 0 Å². The molecule has 1 fully saturated rings. The van der Waals surface area contributed by atoms with Crippen molar-refractivity contribution < 1.29 is 4.74 Å². The molecule has 1 aliphatic rings. The maximum absolute atomic E-state index is 6.00. The predicted molar refractivity (Wildman–Crippen MR) is 98.2 cm³/mol. The summed E-state index contributed by atoms with van der Waals surface area (Å²) in [5.74, 6) is 0.433. The van der Waals surface area contributed by atoms with Crippen molar-refractivity contribution in [2.75, 3.05) is 13.2 Å². The monoisotopic (exact) mass is 352 g/mol. The minimum absolute atomic E-state index is 0.0884. The maximum Gasteiger partial charge on any atom is 0.103 e. The number of H-pyrrole nitrogens is 1. The number of nitrogens with one attached hydrogen (secondary N) is 2. The summed E-state index contributed by atoms with van der Waals surface area (Å²) in [5.41, 5.74) is 4.27. The van der Waals surface area contributed by atoms with Gasteiger partial charge in [-0.3, -0.25) is 14.8 Å². The van der Waals surface area contributed by atoms with Gasteiger partial charge in [0.1, 0.15) is 6.10 Å². The van der Waals surface area contributed by atoms with Gasteiger partial charge in [0, 0.05) is 68.6 Å². The highest BCUT2D eigenvalue weighted by Gasteiger charge is 2.28. The molecule has 3 aromatic heterocycles. The number of aromatic amines is 1. The Labute approximate surface area is 152 Å². The number of hydrogen-bond donors (Lipinski definition) is 2. The van der Waals surface area contributed by atoms with Gasteiger partial charge in [0.15, 0.2) is 0 Å². The zero-order valence-corrected chi connectivity index (χ0v) is 14.9. The van der Waals surface area contributed by atoms with Crippen molar-refractivity contribution in [3.8, 4) is 11.3 Å². The molecule has 0 spiro atoms. The first-order valence-electron chi connectivity index (χ1n) is 9.06. The third-order valence-corrected chi connectivity index (χ3v) is 4.84. The molecule has 0 bridgehead atoms. The lowest BCUT2D eigenvalue weighted by Gasteiger charge is -2.31. The number of hydrogen-bond acceptors (Lipinski definition) is 5. The Morgan fingerprint density at radius 1 is 1.35 bits per heavy atom. The van der Waals surface area contributed by atoms with Gasteiger partial charge in [-0.05, 0) is 31.0 Å². The SMILES string of the molecule is Cn1cc(CNC[C@@H]2CCCO[C@H]2c2ccn[nH]2)c(-c2cccnc2)n1. The zero-order chi connectivity index (χ0) is 17.8. The highest BCUT2D eigenvalue weighted by molar-refractivity contribution is 5.61. The predicted octanol–water partition coefficient (Wildman–Crippen LogP) is 2.46. The molecule has 0 radical (unpaired) electrons. The van der Waals surface area contributed by atoms with Gasteiger partial charge in [-0.1, -0.05) is 0 Å². The first-order valence-corrected chi connectivity index (χ1v) is 9.06. The molecule has 136 valence electrons. The second-order valence-corrected chi connectivity index (χ2v) is 6.75. The summed E-state index contributed by atoms with van der Waals surface area (Å²) in [6.07, 6.45) is 9.83. The highest BCUT2D eigenvalue weighted by atomic mass is 16.5. The normalized spacial score (nSPS) is 20.3. The van der Waals surface area contributed by atoms with Gasteiger partial charge in [-0.25, -0.2) is 0 Å². The molecule has 0 saturated carbocycles. The largest absolute Gasteiger partial charge is 0.372 e. The molecule has 0 unspecified atom stereocenters. The summed E-state index contributed by atoms with van der Waals surface area (Å²) in [6, 6.07) is 5.99. The number of nitrogens with zero attached hydrogens (tertiary/aromatic N) is 4. The second kappa shape index (κ2) is 7.80. The molecule has 2 atom stereocenters. The first-order chi connectivity index (χ1) is 12.8. The summed E-state index contributed by atoms with van der Waals surface area (Å²) < 4.78 is 7.86. The van der Waals surface area contributed by atoms with Crippen LogP contribution >= 0.6 is 0 Å². The van der Waals surface area contributed by atoms with Crippen LogP contribution in [0.4, 0.5) is 0 Å².